The molecule has 24 heteroatoms. The van der Waals surface area contributed by atoms with Gasteiger partial charge in [-0.15, -0.1) is 10.2 Å². The van der Waals surface area contributed by atoms with E-state index >= 15 is 0 Å². The number of hydrogen-bond acceptors (Lipinski definition) is 14. The van der Waals surface area contributed by atoms with Crippen LogP contribution >= 0.6 is 23.5 Å². The summed E-state index contributed by atoms with van der Waals surface area (Å²) in [5.41, 5.74) is 0.700. The van der Waals surface area contributed by atoms with Gasteiger partial charge in [-0.1, -0.05) is 17.3 Å². The second kappa shape index (κ2) is 13.4. The molecule has 0 aliphatic carbocycles. The normalized spacial score (nSPS) is 20.3. The molecular weight excluding hydrogens is 643 g/mol. The van der Waals surface area contributed by atoms with E-state index in [4.69, 9.17) is 18.5 Å². The number of likely N-dealkylation sites (tertiary alicyclic amines) is 1. The van der Waals surface area contributed by atoms with E-state index in [9.17, 15) is 43.1 Å². The molecule has 1 fully saturated rings. The molecule has 1 aliphatic heterocycles. The van der Waals surface area contributed by atoms with Gasteiger partial charge < -0.3 is 38.8 Å². The van der Waals surface area contributed by atoms with Crippen molar-refractivity contribution in [3.8, 4) is 5.75 Å². The number of benzene rings is 1. The molecule has 21 nitrogen and oxygen atoms in total. The van der Waals surface area contributed by atoms with E-state index in [1.165, 1.54) is 18.3 Å². The Morgan fingerprint density at radius 2 is 1.84 bits per heavy atom. The average molecular weight is 671 g/mol. The highest BCUT2D eigenvalue weighted by Gasteiger charge is 2.46. The van der Waals surface area contributed by atoms with Crippen molar-refractivity contribution >= 4 is 34.4 Å². The average Bonchev–Trinajstić information content (AvgIpc) is 3.43. The first kappa shape index (κ1) is 33.6. The molecule has 3 atom stereocenters. The molecule has 0 amide bonds. The van der Waals surface area contributed by atoms with Gasteiger partial charge in [0.25, 0.3) is 0 Å². The molecule has 3 aromatic rings. The van der Waals surface area contributed by atoms with Crippen LogP contribution in [0.4, 0.5) is 0 Å². The Labute approximate surface area is 242 Å². The van der Waals surface area contributed by atoms with Gasteiger partial charge in [-0.2, -0.15) is 5.21 Å². The number of tetrazole rings is 1. The third kappa shape index (κ3) is 9.58. The SMILES string of the molecule is COc1cccc2c(C3CC(OP(=O)(O)O)CCN3CC(COP(=O)(O)O)(OCc3nn[nH]n3)OP(=O)(O)O)ncnc12. The Kier molecular flexibility index (Phi) is 10.4. The third-order valence-electron chi connectivity index (χ3n) is 6.18. The Hall–Kier alpha value is -2.32. The van der Waals surface area contributed by atoms with Crippen molar-refractivity contribution < 1.29 is 66.1 Å². The van der Waals surface area contributed by atoms with Crippen LogP contribution in [0.2, 0.25) is 0 Å². The number of aromatic nitrogens is 6. The molecule has 1 aromatic carbocycles. The van der Waals surface area contributed by atoms with E-state index in [2.05, 4.69) is 35.1 Å². The molecule has 7 N–H and O–H groups in total. The summed E-state index contributed by atoms with van der Waals surface area (Å²) in [4.78, 5) is 67.4. The lowest BCUT2D eigenvalue weighted by molar-refractivity contribution is -0.232. The van der Waals surface area contributed by atoms with Crippen LogP contribution in [-0.4, -0.2) is 104 Å². The van der Waals surface area contributed by atoms with Crippen LogP contribution in [0, 0.1) is 0 Å². The topological polar surface area (TPSA) is 302 Å². The molecule has 4 rings (SSSR count). The first-order valence-electron chi connectivity index (χ1n) is 12.1. The number of phosphoric ester groups is 3. The summed E-state index contributed by atoms with van der Waals surface area (Å²) in [7, 11) is -14.2. The van der Waals surface area contributed by atoms with E-state index in [-0.39, 0.29) is 25.2 Å². The van der Waals surface area contributed by atoms with Gasteiger partial charge in [0.15, 0.2) is 5.82 Å². The zero-order valence-electron chi connectivity index (χ0n) is 22.2. The molecule has 43 heavy (non-hydrogen) atoms. The Morgan fingerprint density at radius 3 is 2.47 bits per heavy atom. The summed E-state index contributed by atoms with van der Waals surface area (Å²) in [5, 5.41) is 13.3. The van der Waals surface area contributed by atoms with Crippen molar-refractivity contribution in [2.45, 2.75) is 37.4 Å². The van der Waals surface area contributed by atoms with Gasteiger partial charge in [-0.05, 0) is 18.9 Å². The van der Waals surface area contributed by atoms with Crippen LogP contribution in [0.3, 0.4) is 0 Å². The molecule has 0 bridgehead atoms. The quantitative estimate of drug-likeness (QED) is 0.0869. The number of H-pyrrole nitrogens is 1. The number of methoxy groups -OCH3 is 1. The Bertz CT molecular complexity index is 1530. The van der Waals surface area contributed by atoms with Crippen molar-refractivity contribution in [3.05, 3.63) is 36.0 Å². The van der Waals surface area contributed by atoms with Crippen molar-refractivity contribution in [2.75, 3.05) is 26.8 Å². The van der Waals surface area contributed by atoms with Crippen molar-refractivity contribution in [2.24, 2.45) is 0 Å². The number of para-hydroxylation sites is 1. The highest BCUT2D eigenvalue weighted by Crippen LogP contribution is 2.48. The number of hydrogen-bond donors (Lipinski definition) is 7. The second-order valence-electron chi connectivity index (χ2n) is 9.22. The molecule has 238 valence electrons. The first-order valence-corrected chi connectivity index (χ1v) is 16.7. The third-order valence-corrected chi connectivity index (χ3v) is 7.79. The summed E-state index contributed by atoms with van der Waals surface area (Å²) < 4.78 is 61.0. The lowest BCUT2D eigenvalue weighted by Gasteiger charge is -2.44. The lowest BCUT2D eigenvalue weighted by Crippen LogP contribution is -2.53. The summed E-state index contributed by atoms with van der Waals surface area (Å²) in [6.07, 6.45) is 0.130. The summed E-state index contributed by atoms with van der Waals surface area (Å²) in [6, 6.07) is 4.07. The minimum absolute atomic E-state index is 0.00410. The molecule has 3 unspecified atom stereocenters. The van der Waals surface area contributed by atoms with Gasteiger partial charge in [0.2, 0.25) is 5.79 Å². The monoisotopic (exact) mass is 671 g/mol. The zero-order valence-corrected chi connectivity index (χ0v) is 24.9. The first-order chi connectivity index (χ1) is 20.1. The van der Waals surface area contributed by atoms with Crippen molar-refractivity contribution in [1.82, 2.24) is 35.5 Å². The van der Waals surface area contributed by atoms with E-state index in [1.54, 1.807) is 18.2 Å². The standard InChI is InChI=1S/C19H28N7O14P3/c1-36-15-4-2-3-13-17(20-11-21-18(13)15)14-7-12(39-42(30,31)32)5-6-26(14)9-19(40-43(33,34)35,10-38-41(27,28)29)37-8-16-22-24-25-23-16/h2-4,11-12,14H,5-10H2,1H3,(H2,27,28,29)(H2,30,31,32)(H2,33,34,35)(H,22,23,24,25). The van der Waals surface area contributed by atoms with Gasteiger partial charge in [0.1, 0.15) is 30.8 Å². The molecule has 3 heterocycles. The minimum Gasteiger partial charge on any atom is -0.494 e. The molecule has 1 saturated heterocycles. The van der Waals surface area contributed by atoms with Crippen LogP contribution in [-0.2, 0) is 38.6 Å². The highest BCUT2D eigenvalue weighted by atomic mass is 31.2. The van der Waals surface area contributed by atoms with Gasteiger partial charge in [-0.25, -0.2) is 28.2 Å². The molecule has 1 aliphatic rings. The number of ether oxygens (including phenoxy) is 2. The van der Waals surface area contributed by atoms with Crippen LogP contribution < -0.4 is 4.74 Å². The van der Waals surface area contributed by atoms with Gasteiger partial charge in [0, 0.05) is 11.9 Å². The second-order valence-corrected chi connectivity index (χ2v) is 12.8. The minimum atomic E-state index is -5.44. The fraction of sp³-hybridized carbons (Fsp3) is 0.526. The summed E-state index contributed by atoms with van der Waals surface area (Å²) in [5.74, 6) is -2.28. The summed E-state index contributed by atoms with van der Waals surface area (Å²) >= 11 is 0. The number of fused-ring (bicyclic) bond motifs is 1. The van der Waals surface area contributed by atoms with Crippen molar-refractivity contribution in [3.63, 3.8) is 0 Å². The maximum Gasteiger partial charge on any atom is 0.472 e. The van der Waals surface area contributed by atoms with Crippen LogP contribution in [0.1, 0.15) is 30.4 Å². The fourth-order valence-corrected chi connectivity index (χ4v) is 6.16. The van der Waals surface area contributed by atoms with E-state index < -0.39 is 61.2 Å². The molecular formula is C19H28N7O14P3. The number of aromatic amines is 1. The van der Waals surface area contributed by atoms with E-state index in [1.807, 2.05) is 0 Å². The molecule has 0 saturated carbocycles. The molecule has 0 spiro atoms. The maximum atomic E-state index is 12.1. The van der Waals surface area contributed by atoms with Gasteiger partial charge in [0.05, 0.1) is 31.5 Å². The Balaban J connectivity index is 1.79. The molecule has 0 radical (unpaired) electrons. The van der Waals surface area contributed by atoms with E-state index in [0.29, 0.717) is 22.3 Å². The largest absolute Gasteiger partial charge is 0.494 e. The van der Waals surface area contributed by atoms with Crippen LogP contribution in [0.25, 0.3) is 10.9 Å². The zero-order chi connectivity index (χ0) is 31.5. The predicted octanol–water partition coefficient (Wildman–Crippen LogP) is -0.102. The number of nitrogens with zero attached hydrogens (tertiary/aromatic N) is 6. The Morgan fingerprint density at radius 1 is 1.07 bits per heavy atom. The van der Waals surface area contributed by atoms with Crippen LogP contribution in [0.15, 0.2) is 24.5 Å². The smallest absolute Gasteiger partial charge is 0.472 e. The number of rotatable bonds is 14. The lowest BCUT2D eigenvalue weighted by atomic mass is 9.93. The maximum absolute atomic E-state index is 12.1. The predicted molar refractivity (Wildman–Crippen MR) is 139 cm³/mol. The van der Waals surface area contributed by atoms with E-state index in [0.717, 1.165) is 0 Å². The number of piperidine rings is 1. The molecule has 2 aromatic heterocycles. The van der Waals surface area contributed by atoms with Gasteiger partial charge >= 0.3 is 23.5 Å². The summed E-state index contributed by atoms with van der Waals surface area (Å²) in [6.45, 7) is -2.47. The van der Waals surface area contributed by atoms with Gasteiger partial charge in [-0.3, -0.25) is 13.9 Å². The van der Waals surface area contributed by atoms with Crippen LogP contribution in [0.5, 0.6) is 5.75 Å². The fourth-order valence-electron chi connectivity index (χ4n) is 4.62. The highest BCUT2D eigenvalue weighted by molar-refractivity contribution is 7.46. The van der Waals surface area contributed by atoms with Crippen molar-refractivity contribution in [1.29, 1.82) is 0 Å². The number of phosphoric acid groups is 3. The number of nitrogens with one attached hydrogen (secondary N) is 1.